The van der Waals surface area contributed by atoms with Crippen molar-refractivity contribution in [3.05, 3.63) is 33.9 Å². The molecule has 1 heterocycles. The Morgan fingerprint density at radius 2 is 2.21 bits per heavy atom. The quantitative estimate of drug-likeness (QED) is 0.673. The molecule has 2 rings (SSSR count). The minimum absolute atomic E-state index is 0.0201. The Morgan fingerprint density at radius 1 is 1.47 bits per heavy atom. The fourth-order valence-electron chi connectivity index (χ4n) is 2.43. The van der Waals surface area contributed by atoms with Crippen LogP contribution in [-0.2, 0) is 0 Å². The number of hydrogen-bond donors (Lipinski definition) is 1. The van der Waals surface area contributed by atoms with E-state index < -0.39 is 22.2 Å². The molecule has 7 heteroatoms. The summed E-state index contributed by atoms with van der Waals surface area (Å²) in [5.74, 6) is -2.13. The molecule has 1 aliphatic heterocycles. The van der Waals surface area contributed by atoms with E-state index in [2.05, 4.69) is 0 Å². The van der Waals surface area contributed by atoms with Crippen LogP contribution in [0.2, 0.25) is 0 Å². The van der Waals surface area contributed by atoms with Crippen molar-refractivity contribution in [2.24, 2.45) is 5.92 Å². The summed E-state index contributed by atoms with van der Waals surface area (Å²) < 4.78 is 27.1. The highest BCUT2D eigenvalue weighted by atomic mass is 19.2. The van der Waals surface area contributed by atoms with Crippen LogP contribution in [0, 0.1) is 27.7 Å². The summed E-state index contributed by atoms with van der Waals surface area (Å²) in [6, 6.07) is 1.74. The molecule has 1 fully saturated rings. The molecule has 1 unspecified atom stereocenters. The maximum absolute atomic E-state index is 13.8. The number of rotatable bonds is 4. The Kier molecular flexibility index (Phi) is 3.94. The fraction of sp³-hybridized carbons (Fsp3) is 0.500. The van der Waals surface area contributed by atoms with Gasteiger partial charge in [0.25, 0.3) is 5.69 Å². The first kappa shape index (κ1) is 13.7. The van der Waals surface area contributed by atoms with Gasteiger partial charge in [0, 0.05) is 25.8 Å². The van der Waals surface area contributed by atoms with Crippen molar-refractivity contribution in [1.29, 1.82) is 0 Å². The second kappa shape index (κ2) is 5.48. The van der Waals surface area contributed by atoms with E-state index in [1.807, 2.05) is 0 Å². The Labute approximate surface area is 108 Å². The minimum Gasteiger partial charge on any atom is -0.396 e. The van der Waals surface area contributed by atoms with Gasteiger partial charge in [0.1, 0.15) is 0 Å². The molecule has 0 saturated carbocycles. The van der Waals surface area contributed by atoms with Gasteiger partial charge >= 0.3 is 0 Å². The van der Waals surface area contributed by atoms with E-state index in [1.54, 1.807) is 0 Å². The van der Waals surface area contributed by atoms with Crippen molar-refractivity contribution in [1.82, 2.24) is 0 Å². The van der Waals surface area contributed by atoms with Gasteiger partial charge in [0.15, 0.2) is 17.3 Å². The molecule has 1 aromatic carbocycles. The van der Waals surface area contributed by atoms with Crippen molar-refractivity contribution >= 4 is 11.4 Å². The van der Waals surface area contributed by atoms with Crippen molar-refractivity contribution in [2.45, 2.75) is 12.8 Å². The molecule has 0 spiro atoms. The highest BCUT2D eigenvalue weighted by Gasteiger charge is 2.31. The lowest BCUT2D eigenvalue weighted by atomic mass is 10.1. The number of benzene rings is 1. The third-order valence-corrected chi connectivity index (χ3v) is 3.38. The SMILES string of the molecule is O=[N+]([O-])c1ccc(F)c(F)c1N1CCC(CCO)C1. The second-order valence-electron chi connectivity index (χ2n) is 4.60. The van der Waals surface area contributed by atoms with Crippen LogP contribution < -0.4 is 4.90 Å². The fourth-order valence-corrected chi connectivity index (χ4v) is 2.43. The molecular formula is C12H14F2N2O3. The lowest BCUT2D eigenvalue weighted by molar-refractivity contribution is -0.384. The Balaban J connectivity index is 2.33. The zero-order valence-corrected chi connectivity index (χ0v) is 10.2. The van der Waals surface area contributed by atoms with E-state index in [-0.39, 0.29) is 18.2 Å². The van der Waals surface area contributed by atoms with Crippen molar-refractivity contribution in [3.63, 3.8) is 0 Å². The van der Waals surface area contributed by atoms with Gasteiger partial charge < -0.3 is 10.0 Å². The van der Waals surface area contributed by atoms with Gasteiger partial charge in [0.2, 0.25) is 0 Å². The molecular weight excluding hydrogens is 258 g/mol. The van der Waals surface area contributed by atoms with Crippen LogP contribution in [0.15, 0.2) is 12.1 Å². The van der Waals surface area contributed by atoms with Gasteiger partial charge in [0.05, 0.1) is 4.92 Å². The standard InChI is InChI=1S/C12H14F2N2O3/c13-9-1-2-10(16(18)19)12(11(9)14)15-5-3-8(7-15)4-6-17/h1-2,8,17H,3-7H2. The predicted octanol–water partition coefficient (Wildman–Crippen LogP) is 2.08. The van der Waals surface area contributed by atoms with E-state index in [1.165, 1.54) is 4.90 Å². The van der Waals surface area contributed by atoms with E-state index in [0.29, 0.717) is 25.9 Å². The predicted molar refractivity (Wildman–Crippen MR) is 65.0 cm³/mol. The molecule has 0 aromatic heterocycles. The number of nitro benzene ring substituents is 1. The summed E-state index contributed by atoms with van der Waals surface area (Å²) in [5.41, 5.74) is -0.714. The molecule has 0 bridgehead atoms. The zero-order valence-electron chi connectivity index (χ0n) is 10.2. The molecule has 1 aliphatic rings. The average Bonchev–Trinajstić information content (AvgIpc) is 2.81. The van der Waals surface area contributed by atoms with Gasteiger partial charge in [-0.1, -0.05) is 0 Å². The summed E-state index contributed by atoms with van der Waals surface area (Å²) in [6.07, 6.45) is 1.26. The molecule has 0 amide bonds. The molecule has 19 heavy (non-hydrogen) atoms. The number of nitro groups is 1. The first-order valence-electron chi connectivity index (χ1n) is 6.02. The number of anilines is 1. The van der Waals surface area contributed by atoms with E-state index >= 15 is 0 Å². The Hall–Kier alpha value is -1.76. The monoisotopic (exact) mass is 272 g/mol. The molecule has 1 saturated heterocycles. The van der Waals surface area contributed by atoms with Crippen LogP contribution in [0.5, 0.6) is 0 Å². The first-order valence-corrected chi connectivity index (χ1v) is 6.02. The second-order valence-corrected chi connectivity index (χ2v) is 4.60. The number of nitrogens with zero attached hydrogens (tertiary/aromatic N) is 2. The maximum Gasteiger partial charge on any atom is 0.295 e. The van der Waals surface area contributed by atoms with Crippen LogP contribution >= 0.6 is 0 Å². The Bertz CT molecular complexity index is 496. The average molecular weight is 272 g/mol. The van der Waals surface area contributed by atoms with Gasteiger partial charge in [-0.25, -0.2) is 8.78 Å². The van der Waals surface area contributed by atoms with Crippen LogP contribution in [0.3, 0.4) is 0 Å². The summed E-state index contributed by atoms with van der Waals surface area (Å²) in [6.45, 7) is 0.833. The number of aliphatic hydroxyl groups is 1. The molecule has 1 N–H and O–H groups in total. The van der Waals surface area contributed by atoms with Gasteiger partial charge in [-0.15, -0.1) is 0 Å². The lowest BCUT2D eigenvalue weighted by Gasteiger charge is -2.19. The molecule has 1 aromatic rings. The van der Waals surface area contributed by atoms with Crippen LogP contribution in [0.25, 0.3) is 0 Å². The van der Waals surface area contributed by atoms with E-state index in [9.17, 15) is 18.9 Å². The number of hydrogen-bond acceptors (Lipinski definition) is 4. The normalized spacial score (nSPS) is 18.9. The highest BCUT2D eigenvalue weighted by Crippen LogP contribution is 2.36. The van der Waals surface area contributed by atoms with E-state index in [4.69, 9.17) is 5.11 Å². The lowest BCUT2D eigenvalue weighted by Crippen LogP contribution is -2.22. The van der Waals surface area contributed by atoms with E-state index in [0.717, 1.165) is 12.1 Å². The largest absolute Gasteiger partial charge is 0.396 e. The highest BCUT2D eigenvalue weighted by molar-refractivity contribution is 5.64. The van der Waals surface area contributed by atoms with Crippen LogP contribution in [0.1, 0.15) is 12.8 Å². The number of halogens is 2. The summed E-state index contributed by atoms with van der Waals surface area (Å²) in [5, 5.41) is 19.8. The van der Waals surface area contributed by atoms with Gasteiger partial charge in [-0.2, -0.15) is 0 Å². The maximum atomic E-state index is 13.8. The van der Waals surface area contributed by atoms with Crippen LogP contribution in [-0.4, -0.2) is 29.7 Å². The number of aliphatic hydroxyl groups excluding tert-OH is 1. The third kappa shape index (κ3) is 2.65. The van der Waals surface area contributed by atoms with Crippen molar-refractivity contribution in [2.75, 3.05) is 24.6 Å². The summed E-state index contributed by atoms with van der Waals surface area (Å²) >= 11 is 0. The molecule has 0 aliphatic carbocycles. The zero-order chi connectivity index (χ0) is 14.0. The molecule has 1 atom stereocenters. The van der Waals surface area contributed by atoms with Crippen LogP contribution in [0.4, 0.5) is 20.2 Å². The summed E-state index contributed by atoms with van der Waals surface area (Å²) in [4.78, 5) is 11.7. The Morgan fingerprint density at radius 3 is 2.84 bits per heavy atom. The molecule has 5 nitrogen and oxygen atoms in total. The topological polar surface area (TPSA) is 66.6 Å². The first-order chi connectivity index (χ1) is 9.04. The summed E-state index contributed by atoms with van der Waals surface area (Å²) in [7, 11) is 0. The molecule has 104 valence electrons. The third-order valence-electron chi connectivity index (χ3n) is 3.38. The van der Waals surface area contributed by atoms with Crippen molar-refractivity contribution in [3.8, 4) is 0 Å². The molecule has 0 radical (unpaired) electrons. The minimum atomic E-state index is -1.18. The van der Waals surface area contributed by atoms with Crippen molar-refractivity contribution < 1.29 is 18.8 Å². The smallest absolute Gasteiger partial charge is 0.295 e. The van der Waals surface area contributed by atoms with Gasteiger partial charge in [-0.3, -0.25) is 10.1 Å². The van der Waals surface area contributed by atoms with Gasteiger partial charge in [-0.05, 0) is 24.8 Å².